The van der Waals surface area contributed by atoms with Gasteiger partial charge in [-0.05, 0) is 12.8 Å². The van der Waals surface area contributed by atoms with Crippen LogP contribution in [0.2, 0.25) is 0 Å². The Morgan fingerprint density at radius 2 is 1.27 bits per heavy atom. The van der Waals surface area contributed by atoms with Gasteiger partial charge in [0.25, 0.3) is 0 Å². The maximum Gasteiger partial charge on any atom is 0.129 e. The molecule has 4 N–H and O–H groups in total. The molecule has 0 aromatic heterocycles. The highest BCUT2D eigenvalue weighted by Gasteiger charge is 2.05. The fourth-order valence-electron chi connectivity index (χ4n) is 0.935. The van der Waals surface area contributed by atoms with Crippen molar-refractivity contribution in [3.8, 4) is 0 Å². The molecule has 0 aliphatic rings. The third-order valence-corrected chi connectivity index (χ3v) is 1.64. The monoisotopic (exact) mass is 220 g/mol. The molecule has 2 unspecified atom stereocenters. The number of nitrogens with two attached hydrogens (primary N) is 2. The van der Waals surface area contributed by atoms with Gasteiger partial charge in [-0.2, -0.15) is 0 Å². The highest BCUT2D eigenvalue weighted by Crippen LogP contribution is 1.91. The molecule has 0 bridgehead atoms. The van der Waals surface area contributed by atoms with Crippen molar-refractivity contribution in [1.29, 1.82) is 0 Å². The summed E-state index contributed by atoms with van der Waals surface area (Å²) < 4.78 is 15.7. The highest BCUT2D eigenvalue weighted by molar-refractivity contribution is 4.48. The Morgan fingerprint density at radius 1 is 0.867 bits per heavy atom. The Hall–Kier alpha value is -0.200. The van der Waals surface area contributed by atoms with Crippen LogP contribution in [0, 0.1) is 0 Å². The van der Waals surface area contributed by atoms with Crippen molar-refractivity contribution >= 4 is 0 Å². The van der Waals surface area contributed by atoms with Gasteiger partial charge in [0.1, 0.15) is 12.5 Å². The predicted molar refractivity (Wildman–Crippen MR) is 59.3 cm³/mol. The Kier molecular flexibility index (Phi) is 10.2. The molecule has 5 heteroatoms. The average Bonchev–Trinajstić information content (AvgIpc) is 2.23. The molecule has 0 aliphatic heterocycles. The summed E-state index contributed by atoms with van der Waals surface area (Å²) in [7, 11) is 0. The first-order valence-electron chi connectivity index (χ1n) is 5.52. The topological polar surface area (TPSA) is 79.7 Å². The van der Waals surface area contributed by atoms with Gasteiger partial charge in [0.15, 0.2) is 0 Å². The minimum atomic E-state index is -0.372. The molecule has 0 amide bonds. The zero-order valence-corrected chi connectivity index (χ0v) is 9.78. The van der Waals surface area contributed by atoms with Crippen molar-refractivity contribution in [1.82, 2.24) is 0 Å². The predicted octanol–water partition coefficient (Wildman–Crippen LogP) is 0.426. The normalized spacial score (nSPS) is 15.2. The van der Waals surface area contributed by atoms with Crippen LogP contribution in [0.25, 0.3) is 0 Å². The van der Waals surface area contributed by atoms with Crippen LogP contribution in [0.4, 0.5) is 0 Å². The first-order valence-corrected chi connectivity index (χ1v) is 5.52. The molecule has 0 aromatic carbocycles. The molecule has 15 heavy (non-hydrogen) atoms. The summed E-state index contributed by atoms with van der Waals surface area (Å²) in [5.41, 5.74) is 11.2. The SMILES string of the molecule is CCCOC(N)COCC(N)OCCC. The first kappa shape index (κ1) is 14.8. The second-order valence-electron chi connectivity index (χ2n) is 3.36. The van der Waals surface area contributed by atoms with E-state index >= 15 is 0 Å². The van der Waals surface area contributed by atoms with Crippen molar-refractivity contribution in [2.45, 2.75) is 39.1 Å². The van der Waals surface area contributed by atoms with Crippen molar-refractivity contribution in [2.75, 3.05) is 26.4 Å². The van der Waals surface area contributed by atoms with Crippen LogP contribution in [0.1, 0.15) is 26.7 Å². The van der Waals surface area contributed by atoms with E-state index in [1.807, 2.05) is 13.8 Å². The van der Waals surface area contributed by atoms with Crippen LogP contribution in [-0.4, -0.2) is 38.9 Å². The summed E-state index contributed by atoms with van der Waals surface area (Å²) in [5.74, 6) is 0. The average molecular weight is 220 g/mol. The van der Waals surface area contributed by atoms with Crippen LogP contribution in [0.15, 0.2) is 0 Å². The molecular formula is C10H24N2O3. The first-order chi connectivity index (χ1) is 7.20. The quantitative estimate of drug-likeness (QED) is 0.522. The van der Waals surface area contributed by atoms with Crippen molar-refractivity contribution in [3.63, 3.8) is 0 Å². The zero-order valence-electron chi connectivity index (χ0n) is 9.78. The molecule has 0 saturated carbocycles. The molecule has 0 heterocycles. The summed E-state index contributed by atoms with van der Waals surface area (Å²) in [6, 6.07) is 0. The fraction of sp³-hybridized carbons (Fsp3) is 1.00. The zero-order chi connectivity index (χ0) is 11.5. The molecule has 0 radical (unpaired) electrons. The van der Waals surface area contributed by atoms with Gasteiger partial charge >= 0.3 is 0 Å². The molecule has 0 fully saturated rings. The van der Waals surface area contributed by atoms with E-state index in [0.717, 1.165) is 12.8 Å². The fourth-order valence-corrected chi connectivity index (χ4v) is 0.935. The van der Waals surface area contributed by atoms with Crippen molar-refractivity contribution < 1.29 is 14.2 Å². The van der Waals surface area contributed by atoms with Gasteiger partial charge in [-0.3, -0.25) is 0 Å². The van der Waals surface area contributed by atoms with Crippen LogP contribution in [0.5, 0.6) is 0 Å². The summed E-state index contributed by atoms with van der Waals surface area (Å²) >= 11 is 0. The van der Waals surface area contributed by atoms with Gasteiger partial charge < -0.3 is 25.7 Å². The maximum atomic E-state index is 5.62. The smallest absolute Gasteiger partial charge is 0.129 e. The van der Waals surface area contributed by atoms with E-state index in [0.29, 0.717) is 26.4 Å². The largest absolute Gasteiger partial charge is 0.373 e. The van der Waals surface area contributed by atoms with E-state index in [1.165, 1.54) is 0 Å². The molecule has 0 saturated heterocycles. The van der Waals surface area contributed by atoms with Crippen molar-refractivity contribution in [3.05, 3.63) is 0 Å². The third kappa shape index (κ3) is 10.1. The maximum absolute atomic E-state index is 5.62. The Morgan fingerprint density at radius 3 is 1.60 bits per heavy atom. The van der Waals surface area contributed by atoms with E-state index in [2.05, 4.69) is 0 Å². The Labute approximate surface area is 92.0 Å². The number of hydrogen-bond acceptors (Lipinski definition) is 5. The van der Waals surface area contributed by atoms with E-state index in [-0.39, 0.29) is 12.5 Å². The van der Waals surface area contributed by atoms with Crippen LogP contribution in [-0.2, 0) is 14.2 Å². The van der Waals surface area contributed by atoms with Crippen molar-refractivity contribution in [2.24, 2.45) is 11.5 Å². The lowest BCUT2D eigenvalue weighted by molar-refractivity contribution is -0.0533. The highest BCUT2D eigenvalue weighted by atomic mass is 16.6. The Balaban J connectivity index is 3.27. The van der Waals surface area contributed by atoms with Gasteiger partial charge in [-0.15, -0.1) is 0 Å². The number of rotatable bonds is 10. The van der Waals surface area contributed by atoms with Gasteiger partial charge in [-0.1, -0.05) is 13.8 Å². The molecule has 92 valence electrons. The lowest BCUT2D eigenvalue weighted by Crippen LogP contribution is -2.34. The molecule has 0 aliphatic carbocycles. The van der Waals surface area contributed by atoms with Crippen LogP contribution in [0.3, 0.4) is 0 Å². The van der Waals surface area contributed by atoms with Crippen LogP contribution < -0.4 is 11.5 Å². The van der Waals surface area contributed by atoms with Gasteiger partial charge in [0.05, 0.1) is 13.2 Å². The summed E-state index contributed by atoms with van der Waals surface area (Å²) in [4.78, 5) is 0. The summed E-state index contributed by atoms with van der Waals surface area (Å²) in [5, 5.41) is 0. The molecule has 0 rings (SSSR count). The van der Waals surface area contributed by atoms with E-state index in [4.69, 9.17) is 25.7 Å². The van der Waals surface area contributed by atoms with E-state index in [1.54, 1.807) is 0 Å². The van der Waals surface area contributed by atoms with Crippen LogP contribution >= 0.6 is 0 Å². The molecule has 0 aromatic rings. The second-order valence-corrected chi connectivity index (χ2v) is 3.36. The standard InChI is InChI=1S/C10H24N2O3/c1-3-5-14-9(11)7-13-8-10(12)15-6-4-2/h9-10H,3-8,11-12H2,1-2H3. The summed E-state index contributed by atoms with van der Waals surface area (Å²) in [6.45, 7) is 6.07. The van der Waals surface area contributed by atoms with E-state index < -0.39 is 0 Å². The summed E-state index contributed by atoms with van der Waals surface area (Å²) in [6.07, 6.45) is 1.16. The van der Waals surface area contributed by atoms with Gasteiger partial charge in [0, 0.05) is 13.2 Å². The number of hydrogen-bond donors (Lipinski definition) is 2. The lowest BCUT2D eigenvalue weighted by Gasteiger charge is -2.16. The number of ether oxygens (including phenoxy) is 3. The molecular weight excluding hydrogens is 196 g/mol. The van der Waals surface area contributed by atoms with E-state index in [9.17, 15) is 0 Å². The molecule has 5 nitrogen and oxygen atoms in total. The van der Waals surface area contributed by atoms with Gasteiger partial charge in [-0.25, -0.2) is 0 Å². The lowest BCUT2D eigenvalue weighted by atomic mass is 10.5. The Bertz CT molecular complexity index is 122. The minimum absolute atomic E-state index is 0.350. The van der Waals surface area contributed by atoms with Gasteiger partial charge in [0.2, 0.25) is 0 Å². The molecule has 0 spiro atoms. The second kappa shape index (κ2) is 10.3. The third-order valence-electron chi connectivity index (χ3n) is 1.64. The molecule has 2 atom stereocenters. The minimum Gasteiger partial charge on any atom is -0.373 e.